The van der Waals surface area contributed by atoms with E-state index in [9.17, 15) is 13.6 Å². The molecule has 2 saturated heterocycles. The molecule has 37 heavy (non-hydrogen) atoms. The number of nitrogens with one attached hydrogen (secondary N) is 1. The van der Waals surface area contributed by atoms with Crippen LogP contribution in [0.5, 0.6) is 0 Å². The minimum Gasteiger partial charge on any atom is -0.361 e. The van der Waals surface area contributed by atoms with Crippen LogP contribution in [0.15, 0.2) is 54.2 Å². The number of para-hydroxylation sites is 1. The van der Waals surface area contributed by atoms with Gasteiger partial charge in [-0.15, -0.1) is 0 Å². The first kappa shape index (κ1) is 24.4. The number of halogens is 2. The first-order valence-corrected chi connectivity index (χ1v) is 13.6. The second-order valence-corrected chi connectivity index (χ2v) is 11.3. The van der Waals surface area contributed by atoms with E-state index < -0.39 is 11.6 Å². The summed E-state index contributed by atoms with van der Waals surface area (Å²) >= 11 is 0. The fourth-order valence-corrected chi connectivity index (χ4v) is 6.92. The quantitative estimate of drug-likeness (QED) is 0.501. The Morgan fingerprint density at radius 3 is 2.54 bits per heavy atom. The van der Waals surface area contributed by atoms with Gasteiger partial charge in [-0.2, -0.15) is 0 Å². The van der Waals surface area contributed by atoms with E-state index in [4.69, 9.17) is 0 Å². The summed E-state index contributed by atoms with van der Waals surface area (Å²) in [4.78, 5) is 17.0. The fraction of sp³-hybridized carbons (Fsp3) is 0.452. The van der Waals surface area contributed by atoms with Crippen molar-refractivity contribution in [3.05, 3.63) is 82.6 Å². The van der Waals surface area contributed by atoms with Crippen LogP contribution in [-0.4, -0.2) is 48.4 Å². The Bertz CT molecular complexity index is 1230. The van der Waals surface area contributed by atoms with Crippen molar-refractivity contribution in [1.82, 2.24) is 9.80 Å². The molecule has 0 aromatic heterocycles. The van der Waals surface area contributed by atoms with Crippen LogP contribution in [0.25, 0.3) is 6.08 Å². The summed E-state index contributed by atoms with van der Waals surface area (Å²) in [5.41, 5.74) is 6.49. The van der Waals surface area contributed by atoms with Gasteiger partial charge in [0.25, 0.3) is 0 Å². The number of rotatable bonds is 5. The molecule has 1 atom stereocenters. The van der Waals surface area contributed by atoms with Gasteiger partial charge < -0.3 is 15.1 Å². The van der Waals surface area contributed by atoms with Crippen LogP contribution < -0.4 is 5.32 Å². The predicted octanol–water partition coefficient (Wildman–Crippen LogP) is 6.10. The molecule has 194 valence electrons. The molecule has 6 heteroatoms. The summed E-state index contributed by atoms with van der Waals surface area (Å²) in [6.45, 7) is 7.15. The van der Waals surface area contributed by atoms with Crippen molar-refractivity contribution >= 4 is 17.7 Å². The zero-order valence-electron chi connectivity index (χ0n) is 21.5. The number of nitrogens with zero attached hydrogens (tertiary/aromatic N) is 2. The standard InChI is InChI=1S/C31H35F2N3O/c1-21-3-2-4-26-29-27(20-34-30(21)26)31(29)10-15-35(16-11-31)12-7-22-8-13-36(14-9-22)28(37)6-5-23-17-24(32)19-25(33)18-23/h2-6,17-20,22,29,34H,7-16H2,1H3/b6-5+. The smallest absolute Gasteiger partial charge is 0.246 e. The third kappa shape index (κ3) is 4.72. The van der Waals surface area contributed by atoms with Crippen molar-refractivity contribution < 1.29 is 13.6 Å². The zero-order valence-corrected chi connectivity index (χ0v) is 21.5. The van der Waals surface area contributed by atoms with E-state index in [2.05, 4.69) is 41.5 Å². The van der Waals surface area contributed by atoms with Crippen LogP contribution in [0.3, 0.4) is 0 Å². The minimum absolute atomic E-state index is 0.0871. The number of allylic oxidation sites excluding steroid dienone is 1. The lowest BCUT2D eigenvalue weighted by atomic mass is 9.87. The van der Waals surface area contributed by atoms with Gasteiger partial charge in [0.1, 0.15) is 11.6 Å². The van der Waals surface area contributed by atoms with Crippen LogP contribution >= 0.6 is 0 Å². The van der Waals surface area contributed by atoms with Gasteiger partial charge in [0.2, 0.25) is 5.91 Å². The average molecular weight is 504 g/mol. The first-order chi connectivity index (χ1) is 17.9. The Morgan fingerprint density at radius 1 is 1.08 bits per heavy atom. The molecule has 1 unspecified atom stereocenters. The Kier molecular flexibility index (Phi) is 6.39. The highest BCUT2D eigenvalue weighted by Gasteiger charge is 2.62. The highest BCUT2D eigenvalue weighted by Crippen LogP contribution is 2.71. The highest BCUT2D eigenvalue weighted by molar-refractivity contribution is 5.91. The Labute approximate surface area is 218 Å². The lowest BCUT2D eigenvalue weighted by Crippen LogP contribution is -2.39. The molecular formula is C31H35F2N3O. The molecule has 6 rings (SSSR count). The highest BCUT2D eigenvalue weighted by atomic mass is 19.1. The molecule has 3 aliphatic heterocycles. The van der Waals surface area contributed by atoms with Crippen molar-refractivity contribution in [2.45, 2.75) is 44.9 Å². The minimum atomic E-state index is -0.637. The number of hydrogen-bond acceptors (Lipinski definition) is 3. The number of anilines is 1. The number of carbonyl (C=O) groups is 1. The maximum absolute atomic E-state index is 13.4. The maximum atomic E-state index is 13.4. The van der Waals surface area contributed by atoms with Crippen molar-refractivity contribution in [3.63, 3.8) is 0 Å². The maximum Gasteiger partial charge on any atom is 0.246 e. The van der Waals surface area contributed by atoms with Crippen LogP contribution in [0, 0.1) is 29.9 Å². The molecule has 2 aromatic carbocycles. The molecule has 3 fully saturated rings. The summed E-state index contributed by atoms with van der Waals surface area (Å²) in [6, 6.07) is 9.98. The van der Waals surface area contributed by atoms with E-state index >= 15 is 0 Å². The molecule has 0 bridgehead atoms. The molecule has 1 saturated carbocycles. The lowest BCUT2D eigenvalue weighted by Gasteiger charge is -2.35. The van der Waals surface area contributed by atoms with E-state index in [-0.39, 0.29) is 5.91 Å². The van der Waals surface area contributed by atoms with E-state index in [1.807, 2.05) is 4.90 Å². The number of benzene rings is 2. The van der Waals surface area contributed by atoms with E-state index in [0.717, 1.165) is 51.6 Å². The van der Waals surface area contributed by atoms with E-state index in [0.29, 0.717) is 22.8 Å². The van der Waals surface area contributed by atoms with Crippen molar-refractivity contribution in [3.8, 4) is 0 Å². The Hall–Kier alpha value is -2.99. The van der Waals surface area contributed by atoms with Gasteiger partial charge in [-0.25, -0.2) is 8.78 Å². The Morgan fingerprint density at radius 2 is 1.81 bits per heavy atom. The molecular weight excluding hydrogens is 468 g/mol. The summed E-state index contributed by atoms with van der Waals surface area (Å²) in [5, 5.41) is 3.57. The van der Waals surface area contributed by atoms with E-state index in [1.165, 1.54) is 60.4 Å². The molecule has 0 radical (unpaired) electrons. The number of aryl methyl sites for hydroxylation is 1. The summed E-state index contributed by atoms with van der Waals surface area (Å²) in [5.74, 6) is -0.104. The van der Waals surface area contributed by atoms with Gasteiger partial charge in [0.05, 0.1) is 0 Å². The van der Waals surface area contributed by atoms with Gasteiger partial charge in [-0.05, 0) is 105 Å². The van der Waals surface area contributed by atoms with Crippen molar-refractivity contribution in [2.75, 3.05) is 38.0 Å². The summed E-state index contributed by atoms with van der Waals surface area (Å²) < 4.78 is 26.7. The van der Waals surface area contributed by atoms with Crippen LogP contribution in [0.1, 0.15) is 54.7 Å². The molecule has 1 amide bonds. The molecule has 1 spiro atoms. The number of likely N-dealkylation sites (tertiary alicyclic amines) is 2. The van der Waals surface area contributed by atoms with Gasteiger partial charge >= 0.3 is 0 Å². The van der Waals surface area contributed by atoms with Crippen molar-refractivity contribution in [2.24, 2.45) is 11.3 Å². The Balaban J connectivity index is 0.946. The second kappa shape index (κ2) is 9.71. The number of amides is 1. The first-order valence-electron chi connectivity index (χ1n) is 13.6. The SMILES string of the molecule is Cc1cccc2c1NC=C1C2C12CCN(CCC1CCN(C(=O)/C=C/c3cc(F)cc(F)c3)CC1)CC2. The molecule has 2 aromatic rings. The second-order valence-electron chi connectivity index (χ2n) is 11.3. The number of hydrogen-bond donors (Lipinski definition) is 1. The van der Waals surface area contributed by atoms with Crippen LogP contribution in [-0.2, 0) is 4.79 Å². The summed E-state index contributed by atoms with van der Waals surface area (Å²) in [6.07, 6.45) is 10.9. The molecule has 1 aliphatic carbocycles. The molecule has 4 nitrogen and oxygen atoms in total. The summed E-state index contributed by atoms with van der Waals surface area (Å²) in [7, 11) is 0. The van der Waals surface area contributed by atoms with E-state index in [1.54, 1.807) is 5.57 Å². The largest absolute Gasteiger partial charge is 0.361 e. The third-order valence-electron chi connectivity index (χ3n) is 9.17. The average Bonchev–Trinajstić information content (AvgIpc) is 3.53. The third-order valence-corrected chi connectivity index (χ3v) is 9.17. The van der Waals surface area contributed by atoms with Crippen molar-refractivity contribution in [1.29, 1.82) is 0 Å². The van der Waals surface area contributed by atoms with Crippen LogP contribution in [0.4, 0.5) is 14.5 Å². The van der Waals surface area contributed by atoms with Gasteiger partial charge in [0.15, 0.2) is 0 Å². The predicted molar refractivity (Wildman–Crippen MR) is 143 cm³/mol. The molecule has 4 aliphatic rings. The van der Waals surface area contributed by atoms with Gasteiger partial charge in [-0.1, -0.05) is 18.2 Å². The normalized spacial score (nSPS) is 22.9. The molecule has 3 heterocycles. The lowest BCUT2D eigenvalue weighted by molar-refractivity contribution is -0.127. The topological polar surface area (TPSA) is 35.6 Å². The number of piperidine rings is 2. The zero-order chi connectivity index (χ0) is 25.6. The number of carbonyl (C=O) groups excluding carboxylic acids is 1. The molecule has 1 N–H and O–H groups in total. The van der Waals surface area contributed by atoms with Crippen LogP contribution in [0.2, 0.25) is 0 Å². The fourth-order valence-electron chi connectivity index (χ4n) is 6.92. The van der Waals surface area contributed by atoms with Gasteiger partial charge in [-0.3, -0.25) is 4.79 Å². The van der Waals surface area contributed by atoms with Gasteiger partial charge in [0, 0.05) is 48.5 Å². The monoisotopic (exact) mass is 503 g/mol. The number of fused-ring (bicyclic) bond motifs is 5.